The minimum Gasteiger partial charge on any atom is -0.389 e. The average Bonchev–Trinajstić information content (AvgIpc) is 2.39. The molecule has 1 aromatic carbocycles. The Morgan fingerprint density at radius 3 is 2.32 bits per heavy atom. The van der Waals surface area contributed by atoms with E-state index in [9.17, 15) is 9.59 Å². The molecular weight excluding hydrogens is 244 g/mol. The molecule has 1 aromatic rings. The molecule has 0 amide bonds. The zero-order chi connectivity index (χ0) is 14.3. The largest absolute Gasteiger partial charge is 0.389 e. The molecule has 4 nitrogen and oxygen atoms in total. The third kappa shape index (κ3) is 5.04. The highest BCUT2D eigenvalue weighted by molar-refractivity contribution is 5.88. The number of rotatable bonds is 5. The van der Waals surface area contributed by atoms with Gasteiger partial charge in [-0.2, -0.15) is 0 Å². The zero-order valence-corrected chi connectivity index (χ0v) is 10.6. The number of esters is 2. The molecule has 0 N–H and O–H groups in total. The SMILES string of the molecule is C=CC(=O)OC(=Cc1ccccc1)OC(=O)C(=C)C. The summed E-state index contributed by atoms with van der Waals surface area (Å²) in [5, 5.41) is 0. The van der Waals surface area contributed by atoms with Gasteiger partial charge < -0.3 is 9.47 Å². The maximum absolute atomic E-state index is 11.4. The van der Waals surface area contributed by atoms with Crippen LogP contribution in [-0.4, -0.2) is 11.9 Å². The second-order valence-electron chi connectivity index (χ2n) is 3.67. The van der Waals surface area contributed by atoms with Crippen molar-refractivity contribution < 1.29 is 19.1 Å². The number of carbonyl (C=O) groups excluding carboxylic acids is 2. The number of ether oxygens (including phenoxy) is 2. The first kappa shape index (κ1) is 14.4. The monoisotopic (exact) mass is 258 g/mol. The molecule has 0 fully saturated rings. The summed E-state index contributed by atoms with van der Waals surface area (Å²) in [6.07, 6.45) is 2.41. The van der Waals surface area contributed by atoms with Gasteiger partial charge in [-0.15, -0.1) is 0 Å². The van der Waals surface area contributed by atoms with Crippen molar-refractivity contribution in [3.63, 3.8) is 0 Å². The van der Waals surface area contributed by atoms with Gasteiger partial charge in [0.05, 0.1) is 0 Å². The Bertz CT molecular complexity index is 526. The molecule has 4 heteroatoms. The molecule has 0 atom stereocenters. The topological polar surface area (TPSA) is 52.6 Å². The minimum absolute atomic E-state index is 0.202. The predicted octanol–water partition coefficient (Wildman–Crippen LogP) is 2.83. The summed E-state index contributed by atoms with van der Waals surface area (Å²) in [5.74, 6) is -1.60. The van der Waals surface area contributed by atoms with Gasteiger partial charge >= 0.3 is 11.9 Å². The highest BCUT2D eigenvalue weighted by atomic mass is 16.7. The van der Waals surface area contributed by atoms with Gasteiger partial charge in [0, 0.05) is 17.7 Å². The summed E-state index contributed by atoms with van der Waals surface area (Å²) in [6, 6.07) is 9.00. The molecule has 98 valence electrons. The molecule has 0 bridgehead atoms. The standard InChI is InChI=1S/C15H14O4/c1-4-13(16)18-14(19-15(17)11(2)3)10-12-8-6-5-7-9-12/h4-10H,1-2H2,3H3. The summed E-state index contributed by atoms with van der Waals surface area (Å²) in [5.41, 5.74) is 0.928. The van der Waals surface area contributed by atoms with Gasteiger partial charge in [-0.3, -0.25) is 0 Å². The fourth-order valence-corrected chi connectivity index (χ4v) is 1.08. The second kappa shape index (κ2) is 6.96. The molecule has 0 saturated heterocycles. The van der Waals surface area contributed by atoms with Crippen LogP contribution < -0.4 is 0 Å². The fraction of sp³-hybridized carbons (Fsp3) is 0.0667. The van der Waals surface area contributed by atoms with Gasteiger partial charge in [0.15, 0.2) is 0 Å². The molecular formula is C15H14O4. The lowest BCUT2D eigenvalue weighted by Gasteiger charge is -2.07. The summed E-state index contributed by atoms with van der Waals surface area (Å²) in [6.45, 7) is 8.23. The van der Waals surface area contributed by atoms with E-state index in [1.807, 2.05) is 6.07 Å². The van der Waals surface area contributed by atoms with Crippen LogP contribution in [0, 0.1) is 0 Å². The van der Waals surface area contributed by atoms with Crippen molar-refractivity contribution >= 4 is 18.0 Å². The fourth-order valence-electron chi connectivity index (χ4n) is 1.08. The molecule has 0 saturated carbocycles. The Balaban J connectivity index is 2.95. The van der Waals surface area contributed by atoms with E-state index in [1.54, 1.807) is 24.3 Å². The zero-order valence-electron chi connectivity index (χ0n) is 10.6. The first-order valence-electron chi connectivity index (χ1n) is 5.51. The van der Waals surface area contributed by atoms with Crippen molar-refractivity contribution in [3.8, 4) is 0 Å². The van der Waals surface area contributed by atoms with E-state index in [1.165, 1.54) is 13.0 Å². The van der Waals surface area contributed by atoms with Crippen LogP contribution in [0.3, 0.4) is 0 Å². The third-order valence-electron chi connectivity index (χ3n) is 1.99. The molecule has 0 spiro atoms. The van der Waals surface area contributed by atoms with E-state index in [2.05, 4.69) is 13.2 Å². The number of hydrogen-bond donors (Lipinski definition) is 0. The summed E-state index contributed by atoms with van der Waals surface area (Å²) in [7, 11) is 0. The van der Waals surface area contributed by atoms with Crippen LogP contribution in [0.4, 0.5) is 0 Å². The molecule has 0 unspecified atom stereocenters. The summed E-state index contributed by atoms with van der Waals surface area (Å²) < 4.78 is 9.76. The molecule has 1 rings (SSSR count). The van der Waals surface area contributed by atoms with Gasteiger partial charge in [0.25, 0.3) is 5.95 Å². The van der Waals surface area contributed by atoms with Gasteiger partial charge in [-0.25, -0.2) is 9.59 Å². The van der Waals surface area contributed by atoms with Crippen molar-refractivity contribution in [2.45, 2.75) is 6.92 Å². The van der Waals surface area contributed by atoms with Crippen molar-refractivity contribution in [2.24, 2.45) is 0 Å². The molecule has 0 aromatic heterocycles. The van der Waals surface area contributed by atoms with Crippen LogP contribution >= 0.6 is 0 Å². The first-order valence-corrected chi connectivity index (χ1v) is 5.51. The van der Waals surface area contributed by atoms with E-state index in [4.69, 9.17) is 9.47 Å². The Hall–Kier alpha value is -2.62. The Kier molecular flexibility index (Phi) is 5.29. The first-order chi connectivity index (χ1) is 9.02. The lowest BCUT2D eigenvalue weighted by Crippen LogP contribution is -2.10. The van der Waals surface area contributed by atoms with E-state index in [0.29, 0.717) is 0 Å². The average molecular weight is 258 g/mol. The van der Waals surface area contributed by atoms with Crippen molar-refractivity contribution in [3.05, 3.63) is 66.6 Å². The van der Waals surface area contributed by atoms with E-state index in [-0.39, 0.29) is 11.5 Å². The third-order valence-corrected chi connectivity index (χ3v) is 1.99. The van der Waals surface area contributed by atoms with Gasteiger partial charge in [-0.1, -0.05) is 43.5 Å². The van der Waals surface area contributed by atoms with E-state index in [0.717, 1.165) is 11.6 Å². The van der Waals surface area contributed by atoms with Crippen LogP contribution in [0.2, 0.25) is 0 Å². The van der Waals surface area contributed by atoms with Crippen LogP contribution in [0.1, 0.15) is 12.5 Å². The molecule has 0 heterocycles. The second-order valence-corrected chi connectivity index (χ2v) is 3.67. The van der Waals surface area contributed by atoms with Gasteiger partial charge in [0.1, 0.15) is 0 Å². The van der Waals surface area contributed by atoms with Crippen LogP contribution in [-0.2, 0) is 19.1 Å². The number of hydrogen-bond acceptors (Lipinski definition) is 4. The quantitative estimate of drug-likeness (QED) is 0.463. The molecule has 0 aliphatic heterocycles. The molecule has 19 heavy (non-hydrogen) atoms. The normalized spacial score (nSPS) is 10.5. The number of carbonyl (C=O) groups is 2. The lowest BCUT2D eigenvalue weighted by molar-refractivity contribution is -0.147. The summed E-state index contributed by atoms with van der Waals surface area (Å²) >= 11 is 0. The van der Waals surface area contributed by atoms with Crippen LogP contribution in [0.25, 0.3) is 6.08 Å². The number of benzene rings is 1. The lowest BCUT2D eigenvalue weighted by atomic mass is 10.2. The Labute approximate surface area is 111 Å². The Morgan fingerprint density at radius 2 is 1.79 bits per heavy atom. The maximum atomic E-state index is 11.4. The van der Waals surface area contributed by atoms with Crippen LogP contribution in [0.5, 0.6) is 0 Å². The Morgan fingerprint density at radius 1 is 1.16 bits per heavy atom. The summed E-state index contributed by atoms with van der Waals surface area (Å²) in [4.78, 5) is 22.6. The van der Waals surface area contributed by atoms with Gasteiger partial charge in [-0.05, 0) is 12.5 Å². The molecule has 0 aliphatic rings. The maximum Gasteiger partial charge on any atom is 0.340 e. The van der Waals surface area contributed by atoms with Crippen molar-refractivity contribution in [1.29, 1.82) is 0 Å². The molecule has 0 aliphatic carbocycles. The minimum atomic E-state index is -0.711. The smallest absolute Gasteiger partial charge is 0.340 e. The predicted molar refractivity (Wildman–Crippen MR) is 71.6 cm³/mol. The highest BCUT2D eigenvalue weighted by Gasteiger charge is 2.12. The van der Waals surface area contributed by atoms with Crippen LogP contribution in [0.15, 0.2) is 61.1 Å². The van der Waals surface area contributed by atoms with E-state index >= 15 is 0 Å². The molecule has 0 radical (unpaired) electrons. The highest BCUT2D eigenvalue weighted by Crippen LogP contribution is 2.11. The van der Waals surface area contributed by atoms with Crippen molar-refractivity contribution in [2.75, 3.05) is 0 Å². The van der Waals surface area contributed by atoms with Crippen molar-refractivity contribution in [1.82, 2.24) is 0 Å². The van der Waals surface area contributed by atoms with Gasteiger partial charge in [0.2, 0.25) is 0 Å². The van der Waals surface area contributed by atoms with E-state index < -0.39 is 11.9 Å².